The van der Waals surface area contributed by atoms with Crippen LogP contribution in [0.4, 0.5) is 0 Å². The van der Waals surface area contributed by atoms with Crippen LogP contribution in [-0.2, 0) is 4.79 Å². The number of benzene rings is 1. The van der Waals surface area contributed by atoms with Gasteiger partial charge in [0.15, 0.2) is 5.78 Å². The molecule has 1 amide bonds. The van der Waals surface area contributed by atoms with E-state index in [1.807, 2.05) is 6.92 Å². The van der Waals surface area contributed by atoms with Crippen LogP contribution in [0.3, 0.4) is 0 Å². The van der Waals surface area contributed by atoms with E-state index in [4.69, 9.17) is 4.74 Å². The summed E-state index contributed by atoms with van der Waals surface area (Å²) in [5, 5.41) is 10.1. The molecular formula is C18H25NO4. The molecule has 5 heteroatoms. The molecule has 0 saturated carbocycles. The van der Waals surface area contributed by atoms with Crippen molar-refractivity contribution in [3.8, 4) is 5.75 Å². The molecule has 0 aliphatic carbocycles. The molecule has 0 radical (unpaired) electrons. The van der Waals surface area contributed by atoms with Crippen LogP contribution in [0.1, 0.15) is 49.4 Å². The summed E-state index contributed by atoms with van der Waals surface area (Å²) in [4.78, 5) is 26.2. The molecule has 1 saturated heterocycles. The van der Waals surface area contributed by atoms with Crippen molar-refractivity contribution >= 4 is 11.7 Å². The summed E-state index contributed by atoms with van der Waals surface area (Å²) in [7, 11) is 1.58. The van der Waals surface area contributed by atoms with E-state index < -0.39 is 5.60 Å². The van der Waals surface area contributed by atoms with Crippen LogP contribution in [0.25, 0.3) is 0 Å². The second-order valence-electron chi connectivity index (χ2n) is 6.38. The number of carbonyl (C=O) groups is 2. The number of rotatable bonds is 5. The quantitative estimate of drug-likeness (QED) is 0.847. The van der Waals surface area contributed by atoms with Crippen LogP contribution >= 0.6 is 0 Å². The van der Waals surface area contributed by atoms with Gasteiger partial charge in [-0.15, -0.1) is 0 Å². The highest BCUT2D eigenvalue weighted by Crippen LogP contribution is 2.22. The summed E-state index contributed by atoms with van der Waals surface area (Å²) in [6.45, 7) is 3.03. The highest BCUT2D eigenvalue weighted by molar-refractivity contribution is 5.98. The maximum absolute atomic E-state index is 12.3. The predicted molar refractivity (Wildman–Crippen MR) is 87.6 cm³/mol. The molecular weight excluding hydrogens is 294 g/mol. The van der Waals surface area contributed by atoms with E-state index >= 15 is 0 Å². The Kier molecular flexibility index (Phi) is 5.77. The number of ether oxygens (including phenoxy) is 1. The Hall–Kier alpha value is -1.88. The largest absolute Gasteiger partial charge is 0.497 e. The van der Waals surface area contributed by atoms with Gasteiger partial charge in [0.1, 0.15) is 5.75 Å². The zero-order chi connectivity index (χ0) is 16.9. The zero-order valence-electron chi connectivity index (χ0n) is 13.9. The summed E-state index contributed by atoms with van der Waals surface area (Å²) in [6, 6.07) is 6.92. The Balaban J connectivity index is 1.84. The van der Waals surface area contributed by atoms with E-state index in [1.54, 1.807) is 36.3 Å². The van der Waals surface area contributed by atoms with E-state index in [0.29, 0.717) is 37.2 Å². The first-order valence-corrected chi connectivity index (χ1v) is 8.09. The minimum Gasteiger partial charge on any atom is -0.497 e. The molecule has 2 rings (SSSR count). The summed E-state index contributed by atoms with van der Waals surface area (Å²) in [6.07, 6.45) is 2.52. The van der Waals surface area contributed by atoms with Crippen molar-refractivity contribution < 1.29 is 19.4 Å². The molecule has 1 aromatic carbocycles. The monoisotopic (exact) mass is 319 g/mol. The molecule has 1 N–H and O–H groups in total. The molecule has 126 valence electrons. The molecule has 1 atom stereocenters. The number of ketones is 1. The third kappa shape index (κ3) is 5.06. The van der Waals surface area contributed by atoms with Gasteiger partial charge in [-0.3, -0.25) is 9.59 Å². The van der Waals surface area contributed by atoms with Gasteiger partial charge in [-0.05, 0) is 50.5 Å². The van der Waals surface area contributed by atoms with E-state index in [-0.39, 0.29) is 24.5 Å². The number of likely N-dealkylation sites (tertiary alicyclic amines) is 1. The Labute approximate surface area is 137 Å². The lowest BCUT2D eigenvalue weighted by atomic mass is 9.98. The Bertz CT molecular complexity index is 551. The minimum atomic E-state index is -0.687. The second-order valence-corrected chi connectivity index (χ2v) is 6.38. The van der Waals surface area contributed by atoms with Crippen LogP contribution in [-0.4, -0.2) is 47.5 Å². The molecule has 1 aliphatic heterocycles. The molecule has 0 unspecified atom stereocenters. The fourth-order valence-corrected chi connectivity index (χ4v) is 2.81. The fraction of sp³-hybridized carbons (Fsp3) is 0.556. The van der Waals surface area contributed by atoms with Gasteiger partial charge in [-0.1, -0.05) is 0 Å². The standard InChI is InChI=1S/C18H25NO4/c1-18(22)10-3-12-19(13-11-18)17(21)9-8-16(20)14-4-6-15(23-2)7-5-14/h4-7,22H,3,8-13H2,1-2H3/t18-/m1/s1. The first-order chi connectivity index (χ1) is 10.9. The molecule has 0 spiro atoms. The number of hydrogen-bond acceptors (Lipinski definition) is 4. The van der Waals surface area contributed by atoms with E-state index in [2.05, 4.69) is 0 Å². The number of methoxy groups -OCH3 is 1. The molecule has 1 heterocycles. The Morgan fingerprint density at radius 3 is 2.52 bits per heavy atom. The molecule has 1 aliphatic rings. The van der Waals surface area contributed by atoms with Crippen LogP contribution in [0.5, 0.6) is 5.75 Å². The average molecular weight is 319 g/mol. The third-order valence-electron chi connectivity index (χ3n) is 4.39. The number of nitrogens with zero attached hydrogens (tertiary/aromatic N) is 1. The molecule has 23 heavy (non-hydrogen) atoms. The van der Waals surface area contributed by atoms with Crippen molar-refractivity contribution in [3.05, 3.63) is 29.8 Å². The minimum absolute atomic E-state index is 0.00967. The van der Waals surface area contributed by atoms with Gasteiger partial charge in [0.05, 0.1) is 12.7 Å². The lowest BCUT2D eigenvalue weighted by Gasteiger charge is -2.22. The Morgan fingerprint density at radius 2 is 1.87 bits per heavy atom. The summed E-state index contributed by atoms with van der Waals surface area (Å²) in [5.41, 5.74) is -0.0917. The lowest BCUT2D eigenvalue weighted by Crippen LogP contribution is -2.33. The van der Waals surface area contributed by atoms with Crippen molar-refractivity contribution in [2.45, 2.75) is 44.6 Å². The number of amides is 1. The summed E-state index contributed by atoms with van der Waals surface area (Å²) in [5.74, 6) is 0.654. The van der Waals surface area contributed by atoms with Crippen LogP contribution < -0.4 is 4.74 Å². The lowest BCUT2D eigenvalue weighted by molar-refractivity contribution is -0.131. The van der Waals surface area contributed by atoms with Crippen molar-refractivity contribution in [2.24, 2.45) is 0 Å². The SMILES string of the molecule is COc1ccc(C(=O)CCC(=O)N2CCC[C@@](C)(O)CC2)cc1. The van der Waals surface area contributed by atoms with Gasteiger partial charge in [0, 0.05) is 31.5 Å². The number of aliphatic hydroxyl groups is 1. The predicted octanol–water partition coefficient (Wildman–Crippen LogP) is 2.42. The zero-order valence-corrected chi connectivity index (χ0v) is 13.9. The molecule has 1 fully saturated rings. The number of carbonyl (C=O) groups excluding carboxylic acids is 2. The smallest absolute Gasteiger partial charge is 0.223 e. The van der Waals surface area contributed by atoms with Crippen molar-refractivity contribution in [1.82, 2.24) is 4.90 Å². The van der Waals surface area contributed by atoms with Gasteiger partial charge in [-0.25, -0.2) is 0 Å². The van der Waals surface area contributed by atoms with Crippen molar-refractivity contribution in [3.63, 3.8) is 0 Å². The van der Waals surface area contributed by atoms with Gasteiger partial charge >= 0.3 is 0 Å². The molecule has 0 bridgehead atoms. The normalized spacial score (nSPS) is 21.6. The maximum Gasteiger partial charge on any atom is 0.223 e. The average Bonchev–Trinajstić information content (AvgIpc) is 2.73. The topological polar surface area (TPSA) is 66.8 Å². The van der Waals surface area contributed by atoms with Crippen LogP contribution in [0.2, 0.25) is 0 Å². The van der Waals surface area contributed by atoms with Crippen LogP contribution in [0.15, 0.2) is 24.3 Å². The van der Waals surface area contributed by atoms with Gasteiger partial charge in [-0.2, -0.15) is 0 Å². The summed E-state index contributed by atoms with van der Waals surface area (Å²) < 4.78 is 5.06. The highest BCUT2D eigenvalue weighted by atomic mass is 16.5. The summed E-state index contributed by atoms with van der Waals surface area (Å²) >= 11 is 0. The number of Topliss-reactive ketones (excluding diaryl/α,β-unsaturated/α-hetero) is 1. The first kappa shape index (κ1) is 17.5. The molecule has 1 aromatic rings. The van der Waals surface area contributed by atoms with E-state index in [0.717, 1.165) is 6.42 Å². The van der Waals surface area contributed by atoms with Crippen LogP contribution in [0, 0.1) is 0 Å². The van der Waals surface area contributed by atoms with E-state index in [1.165, 1.54) is 0 Å². The fourth-order valence-electron chi connectivity index (χ4n) is 2.81. The van der Waals surface area contributed by atoms with E-state index in [9.17, 15) is 14.7 Å². The highest BCUT2D eigenvalue weighted by Gasteiger charge is 2.27. The van der Waals surface area contributed by atoms with Gasteiger partial charge < -0.3 is 14.7 Å². The van der Waals surface area contributed by atoms with Crippen molar-refractivity contribution in [1.29, 1.82) is 0 Å². The third-order valence-corrected chi connectivity index (χ3v) is 4.39. The van der Waals surface area contributed by atoms with Crippen molar-refractivity contribution in [2.75, 3.05) is 20.2 Å². The first-order valence-electron chi connectivity index (χ1n) is 8.09. The molecule has 0 aromatic heterocycles. The van der Waals surface area contributed by atoms with Gasteiger partial charge in [0.25, 0.3) is 0 Å². The second kappa shape index (κ2) is 7.59. The maximum atomic E-state index is 12.3. The van der Waals surface area contributed by atoms with Gasteiger partial charge in [0.2, 0.25) is 5.91 Å². The Morgan fingerprint density at radius 1 is 1.17 bits per heavy atom. The molecule has 5 nitrogen and oxygen atoms in total. The number of hydrogen-bond donors (Lipinski definition) is 1.